The smallest absolute Gasteiger partial charge is 0.221 e. The summed E-state index contributed by atoms with van der Waals surface area (Å²) in [6.45, 7) is 1.63. The summed E-state index contributed by atoms with van der Waals surface area (Å²) in [5, 5.41) is 8.03. The number of nitrogens with zero attached hydrogens (tertiary/aromatic N) is 1. The second-order valence-electron chi connectivity index (χ2n) is 1.67. The van der Waals surface area contributed by atoms with Crippen molar-refractivity contribution in [2.24, 2.45) is 11.7 Å². The molecular weight excluding hydrogens is 104 g/mol. The molecule has 0 rings (SSSR count). The van der Waals surface area contributed by atoms with Crippen molar-refractivity contribution in [2.75, 3.05) is 0 Å². The summed E-state index contributed by atoms with van der Waals surface area (Å²) < 4.78 is 0. The highest BCUT2D eigenvalue weighted by Gasteiger charge is 2.05. The van der Waals surface area contributed by atoms with E-state index < -0.39 is 5.91 Å². The fourth-order valence-corrected chi connectivity index (χ4v) is 0.238. The van der Waals surface area contributed by atoms with Crippen LogP contribution in [0.4, 0.5) is 0 Å². The molecule has 3 heteroatoms. The van der Waals surface area contributed by atoms with Crippen molar-refractivity contribution >= 4 is 5.91 Å². The van der Waals surface area contributed by atoms with E-state index in [1.165, 1.54) is 0 Å². The fourth-order valence-electron chi connectivity index (χ4n) is 0.238. The maximum absolute atomic E-state index is 10.2. The Hall–Kier alpha value is -1.04. The van der Waals surface area contributed by atoms with Gasteiger partial charge in [-0.05, 0) is 0 Å². The van der Waals surface area contributed by atoms with Gasteiger partial charge in [0.2, 0.25) is 5.91 Å². The predicted molar refractivity (Wildman–Crippen MR) is 28.6 cm³/mol. The van der Waals surface area contributed by atoms with Crippen LogP contribution in [0.15, 0.2) is 0 Å². The van der Waals surface area contributed by atoms with E-state index in [0.29, 0.717) is 0 Å². The van der Waals surface area contributed by atoms with Gasteiger partial charge in [0.15, 0.2) is 0 Å². The number of nitriles is 1. The molecule has 3 nitrogen and oxygen atoms in total. The van der Waals surface area contributed by atoms with E-state index >= 15 is 0 Å². The second kappa shape index (κ2) is 3.03. The summed E-state index contributed by atoms with van der Waals surface area (Å²) >= 11 is 0. The Balaban J connectivity index is 3.52. The van der Waals surface area contributed by atoms with Crippen molar-refractivity contribution < 1.29 is 4.79 Å². The Bertz CT molecular complexity index is 125. The molecule has 0 fully saturated rings. The van der Waals surface area contributed by atoms with Crippen molar-refractivity contribution in [3.8, 4) is 6.07 Å². The van der Waals surface area contributed by atoms with Gasteiger partial charge in [-0.15, -0.1) is 0 Å². The van der Waals surface area contributed by atoms with Gasteiger partial charge in [-0.3, -0.25) is 4.79 Å². The molecule has 1 atom stereocenters. The molecule has 0 aliphatic carbocycles. The molecule has 0 radical (unpaired) electrons. The van der Waals surface area contributed by atoms with Crippen LogP contribution in [0.3, 0.4) is 0 Å². The first-order valence-corrected chi connectivity index (χ1v) is 2.34. The Morgan fingerprint density at radius 1 is 2.00 bits per heavy atom. The lowest BCUT2D eigenvalue weighted by molar-refractivity contribution is -0.121. The molecule has 2 N–H and O–H groups in total. The van der Waals surface area contributed by atoms with Crippen LogP contribution in [-0.4, -0.2) is 5.91 Å². The van der Waals surface area contributed by atoms with Gasteiger partial charge in [0.1, 0.15) is 0 Å². The number of carbonyl (C=O) groups is 1. The van der Waals surface area contributed by atoms with E-state index in [0.717, 1.165) is 0 Å². The third-order valence-electron chi connectivity index (χ3n) is 0.883. The number of primary amides is 1. The molecule has 44 valence electrons. The van der Waals surface area contributed by atoms with E-state index in [1.807, 2.05) is 6.07 Å². The summed E-state index contributed by atoms with van der Waals surface area (Å²) in [5.41, 5.74) is 4.83. The van der Waals surface area contributed by atoms with Crippen LogP contribution < -0.4 is 5.73 Å². The van der Waals surface area contributed by atoms with Gasteiger partial charge >= 0.3 is 0 Å². The number of nitrogens with two attached hydrogens (primary N) is 1. The standard InChI is InChI=1S/C5H8N2O/c1-4(2-3-6)5(7)8/h4H,2H2,1H3,(H2,7,8). The minimum Gasteiger partial charge on any atom is -0.369 e. The van der Waals surface area contributed by atoms with E-state index in [9.17, 15) is 4.79 Å². The first-order valence-electron chi connectivity index (χ1n) is 2.34. The van der Waals surface area contributed by atoms with Crippen LogP contribution >= 0.6 is 0 Å². The normalized spacial score (nSPS) is 12.0. The maximum Gasteiger partial charge on any atom is 0.221 e. The molecule has 0 aromatic carbocycles. The molecule has 0 aliphatic rings. The number of hydrogen-bond donors (Lipinski definition) is 1. The minimum atomic E-state index is -0.411. The highest BCUT2D eigenvalue weighted by Crippen LogP contribution is 1.96. The summed E-state index contributed by atoms with van der Waals surface area (Å²) in [5.74, 6) is -0.716. The van der Waals surface area contributed by atoms with Crippen molar-refractivity contribution in [3.63, 3.8) is 0 Å². The van der Waals surface area contributed by atoms with E-state index in [2.05, 4.69) is 0 Å². The zero-order valence-corrected chi connectivity index (χ0v) is 4.72. The molecule has 1 amide bonds. The van der Waals surface area contributed by atoms with Gasteiger partial charge < -0.3 is 5.73 Å². The average molecular weight is 112 g/mol. The summed E-state index contributed by atoms with van der Waals surface area (Å²) in [6, 6.07) is 1.85. The van der Waals surface area contributed by atoms with Crippen molar-refractivity contribution in [1.82, 2.24) is 0 Å². The minimum absolute atomic E-state index is 0.218. The molecule has 0 heterocycles. The van der Waals surface area contributed by atoms with Gasteiger partial charge in [0, 0.05) is 12.3 Å². The van der Waals surface area contributed by atoms with Crippen LogP contribution in [0, 0.1) is 17.2 Å². The summed E-state index contributed by atoms with van der Waals surface area (Å²) in [6.07, 6.45) is 0.218. The Kier molecular flexibility index (Phi) is 2.63. The first-order chi connectivity index (χ1) is 3.68. The zero-order valence-electron chi connectivity index (χ0n) is 4.72. The highest BCUT2D eigenvalue weighted by molar-refractivity contribution is 5.76. The average Bonchev–Trinajstić information content (AvgIpc) is 1.67. The molecule has 0 saturated heterocycles. The lowest BCUT2D eigenvalue weighted by Crippen LogP contribution is -2.19. The number of amides is 1. The molecule has 8 heavy (non-hydrogen) atoms. The second-order valence-corrected chi connectivity index (χ2v) is 1.67. The van der Waals surface area contributed by atoms with Crippen molar-refractivity contribution in [3.05, 3.63) is 0 Å². The Morgan fingerprint density at radius 3 is 2.62 bits per heavy atom. The fraction of sp³-hybridized carbons (Fsp3) is 0.600. The van der Waals surface area contributed by atoms with Crippen LogP contribution in [0.2, 0.25) is 0 Å². The quantitative estimate of drug-likeness (QED) is 0.547. The van der Waals surface area contributed by atoms with Gasteiger partial charge in [0.25, 0.3) is 0 Å². The maximum atomic E-state index is 10.2. The number of hydrogen-bond acceptors (Lipinski definition) is 2. The Morgan fingerprint density at radius 2 is 2.50 bits per heavy atom. The molecule has 0 bridgehead atoms. The molecule has 0 aromatic rings. The molecular formula is C5H8N2O. The van der Waals surface area contributed by atoms with Gasteiger partial charge in [0.05, 0.1) is 6.07 Å². The van der Waals surface area contributed by atoms with Crippen molar-refractivity contribution in [1.29, 1.82) is 5.26 Å². The zero-order chi connectivity index (χ0) is 6.57. The molecule has 1 unspecified atom stereocenters. The van der Waals surface area contributed by atoms with Crippen LogP contribution in [0.1, 0.15) is 13.3 Å². The van der Waals surface area contributed by atoms with E-state index in [4.69, 9.17) is 11.0 Å². The largest absolute Gasteiger partial charge is 0.369 e. The third-order valence-corrected chi connectivity index (χ3v) is 0.883. The van der Waals surface area contributed by atoms with Gasteiger partial charge in [-0.2, -0.15) is 5.26 Å². The number of carbonyl (C=O) groups excluding carboxylic acids is 1. The van der Waals surface area contributed by atoms with Crippen LogP contribution in [0.5, 0.6) is 0 Å². The first kappa shape index (κ1) is 6.96. The lowest BCUT2D eigenvalue weighted by Gasteiger charge is -1.96. The van der Waals surface area contributed by atoms with Crippen LogP contribution in [-0.2, 0) is 4.79 Å². The molecule has 0 saturated carbocycles. The van der Waals surface area contributed by atoms with Gasteiger partial charge in [-0.1, -0.05) is 6.92 Å². The monoisotopic (exact) mass is 112 g/mol. The Labute approximate surface area is 48.1 Å². The predicted octanol–water partition coefficient (Wildman–Crippen LogP) is 0.0215. The third kappa shape index (κ3) is 2.19. The summed E-state index contributed by atoms with van der Waals surface area (Å²) in [4.78, 5) is 10.2. The SMILES string of the molecule is CC(CC#N)C(N)=O. The molecule has 0 spiro atoms. The topological polar surface area (TPSA) is 66.9 Å². The highest BCUT2D eigenvalue weighted by atomic mass is 16.1. The molecule has 0 aliphatic heterocycles. The van der Waals surface area contributed by atoms with Crippen molar-refractivity contribution in [2.45, 2.75) is 13.3 Å². The van der Waals surface area contributed by atoms with E-state index in [-0.39, 0.29) is 12.3 Å². The van der Waals surface area contributed by atoms with Gasteiger partial charge in [-0.25, -0.2) is 0 Å². The van der Waals surface area contributed by atoms with E-state index in [1.54, 1.807) is 6.92 Å². The molecule has 0 aromatic heterocycles. The lowest BCUT2D eigenvalue weighted by atomic mass is 10.1. The summed E-state index contributed by atoms with van der Waals surface area (Å²) in [7, 11) is 0. The van der Waals surface area contributed by atoms with Crippen LogP contribution in [0.25, 0.3) is 0 Å². The number of rotatable bonds is 2.